The molecule has 23 heteroatoms. The monoisotopic (exact) mass is 947 g/mol. The zero-order valence-electron chi connectivity index (χ0n) is 38.6. The van der Waals surface area contributed by atoms with E-state index in [1.54, 1.807) is 65.0 Å². The molecule has 0 aromatic heterocycles. The molecule has 0 spiro atoms. The van der Waals surface area contributed by atoms with Gasteiger partial charge in [0, 0.05) is 19.3 Å². The number of esters is 1. The van der Waals surface area contributed by atoms with Crippen LogP contribution >= 0.6 is 0 Å². The van der Waals surface area contributed by atoms with Crippen LogP contribution in [0.5, 0.6) is 0 Å². The predicted octanol–water partition coefficient (Wildman–Crippen LogP) is -0.0401. The molecule has 67 heavy (non-hydrogen) atoms. The summed E-state index contributed by atoms with van der Waals surface area (Å²) < 4.78 is 5.33. The van der Waals surface area contributed by atoms with Gasteiger partial charge in [0.05, 0.1) is 18.9 Å². The van der Waals surface area contributed by atoms with Gasteiger partial charge in [-0.25, -0.2) is 0 Å². The quantitative estimate of drug-likeness (QED) is 0.0345. The van der Waals surface area contributed by atoms with Crippen molar-refractivity contribution in [3.8, 4) is 0 Å². The normalized spacial score (nSPS) is 13.8. The minimum absolute atomic E-state index is 0.0419. The van der Waals surface area contributed by atoms with Gasteiger partial charge in [0.2, 0.25) is 41.2 Å². The Balaban J connectivity index is 3.59. The van der Waals surface area contributed by atoms with Crippen LogP contribution in [0, 0.1) is 11.3 Å². The molecule has 6 atom stereocenters. The molecule has 0 heterocycles. The summed E-state index contributed by atoms with van der Waals surface area (Å²) in [6, 6.07) is -0.866. The first-order valence-electron chi connectivity index (χ1n) is 21.7. The van der Waals surface area contributed by atoms with Gasteiger partial charge in [0.15, 0.2) is 0 Å². The average Bonchev–Trinajstić information content (AvgIpc) is 3.23. The Hall–Kier alpha value is -6.94. The van der Waals surface area contributed by atoms with Crippen molar-refractivity contribution in [2.75, 3.05) is 0 Å². The van der Waals surface area contributed by atoms with E-state index in [0.717, 1.165) is 0 Å². The van der Waals surface area contributed by atoms with E-state index in [-0.39, 0.29) is 25.4 Å². The van der Waals surface area contributed by atoms with Crippen LogP contribution in [0.3, 0.4) is 0 Å². The maximum atomic E-state index is 14.2. The molecule has 0 saturated carbocycles. The summed E-state index contributed by atoms with van der Waals surface area (Å²) in [5.41, 5.74) is 4.73. The number of nitrogens with two attached hydrogens (primary N) is 1. The molecule has 0 aliphatic rings. The maximum Gasteiger partial charge on any atom is 0.306 e. The molecule has 1 aromatic rings. The van der Waals surface area contributed by atoms with E-state index in [1.165, 1.54) is 0 Å². The van der Waals surface area contributed by atoms with Crippen molar-refractivity contribution in [2.45, 2.75) is 155 Å². The first-order chi connectivity index (χ1) is 31.2. The van der Waals surface area contributed by atoms with Crippen LogP contribution < -0.4 is 37.6 Å². The van der Waals surface area contributed by atoms with Crippen molar-refractivity contribution >= 4 is 71.0 Å². The number of carboxylic acids is 3. The van der Waals surface area contributed by atoms with Gasteiger partial charge < -0.3 is 57.7 Å². The van der Waals surface area contributed by atoms with E-state index in [1.807, 2.05) is 6.92 Å². The number of ketones is 1. The Morgan fingerprint density at radius 2 is 1.10 bits per heavy atom. The maximum absolute atomic E-state index is 14.2. The third-order valence-corrected chi connectivity index (χ3v) is 9.87. The smallest absolute Gasteiger partial charge is 0.306 e. The van der Waals surface area contributed by atoms with Gasteiger partial charge in [-0.2, -0.15) is 0 Å². The third-order valence-electron chi connectivity index (χ3n) is 9.87. The molecule has 7 amide bonds. The lowest BCUT2D eigenvalue weighted by atomic mass is 9.85. The SMILES string of the molecule is CCCC[C@H](NC(=O)[C@H](CC(C)C)NC(=O)[C@@H](NC(=O)[C@H](CCC(=O)OCc1ccccc1)NC(=O)[C@H](CCC(=O)O)NC(=O)[C@H](CC(=O)O)NC(=O)CCC(=O)O)C(C)(C)C)C(=O)C(N)=O. The summed E-state index contributed by atoms with van der Waals surface area (Å²) in [4.78, 5) is 153. The second kappa shape index (κ2) is 28.9. The Bertz CT molecular complexity index is 1940. The van der Waals surface area contributed by atoms with E-state index in [2.05, 4.69) is 31.9 Å². The second-order valence-electron chi connectivity index (χ2n) is 17.3. The number of benzene rings is 1. The highest BCUT2D eigenvalue weighted by molar-refractivity contribution is 6.37. The highest BCUT2D eigenvalue weighted by Crippen LogP contribution is 2.21. The van der Waals surface area contributed by atoms with Crippen LogP contribution in [-0.4, -0.2) is 123 Å². The summed E-state index contributed by atoms with van der Waals surface area (Å²) in [5, 5.41) is 42.1. The van der Waals surface area contributed by atoms with Crippen molar-refractivity contribution in [1.29, 1.82) is 0 Å². The number of carbonyl (C=O) groups excluding carboxylic acids is 9. The summed E-state index contributed by atoms with van der Waals surface area (Å²) in [6.45, 7) is 9.91. The lowest BCUT2D eigenvalue weighted by Gasteiger charge is -2.33. The molecule has 0 saturated heterocycles. The number of Topliss-reactive ketones (excluding diaryl/α,β-unsaturated/α-hetero) is 1. The van der Waals surface area contributed by atoms with E-state index >= 15 is 0 Å². The van der Waals surface area contributed by atoms with E-state index in [4.69, 9.17) is 15.6 Å². The highest BCUT2D eigenvalue weighted by atomic mass is 16.5. The van der Waals surface area contributed by atoms with Crippen LogP contribution in [0.4, 0.5) is 0 Å². The average molecular weight is 948 g/mol. The van der Waals surface area contributed by atoms with E-state index in [9.17, 15) is 67.7 Å². The molecule has 0 aliphatic carbocycles. The standard InChI is InChI=1S/C44H65N7O16/c1-7-8-14-26(36(60)38(45)61)47-41(64)29(21-24(2)3)50-43(66)37(44(4,5)6)51-40(63)28(16-20-35(59)67-23-25-12-10-9-11-13-25)48-39(62)27(15-18-32(53)54)49-42(65)30(22-34(57)58)46-31(52)17-19-33(55)56/h9-13,24,26-30,37H,7-8,14-23H2,1-6H3,(H2,45,61)(H,46,52)(H,47,64)(H,48,62)(H,49,65)(H,50,66)(H,51,63)(H,53,54)(H,55,56)(H,57,58)/t26-,27-,28-,29-,30-,37+/m0/s1. The molecular weight excluding hydrogens is 883 g/mol. The van der Waals surface area contributed by atoms with Crippen LogP contribution in [0.2, 0.25) is 0 Å². The van der Waals surface area contributed by atoms with Gasteiger partial charge in [-0.3, -0.25) is 57.5 Å². The molecule has 23 nitrogen and oxygen atoms in total. The van der Waals surface area contributed by atoms with Gasteiger partial charge in [0.25, 0.3) is 5.91 Å². The molecule has 0 unspecified atom stereocenters. The van der Waals surface area contributed by atoms with Crippen LogP contribution in [-0.2, 0) is 68.9 Å². The van der Waals surface area contributed by atoms with Crippen molar-refractivity contribution in [2.24, 2.45) is 17.1 Å². The molecule has 11 N–H and O–H groups in total. The number of carboxylic acid groups (broad SMARTS) is 3. The molecule has 1 rings (SSSR count). The summed E-state index contributed by atoms with van der Waals surface area (Å²) in [6.07, 6.45) is -3.50. The third kappa shape index (κ3) is 23.2. The molecule has 0 radical (unpaired) electrons. The second-order valence-corrected chi connectivity index (χ2v) is 17.3. The van der Waals surface area contributed by atoms with Gasteiger partial charge in [-0.1, -0.05) is 84.7 Å². The first-order valence-corrected chi connectivity index (χ1v) is 21.7. The van der Waals surface area contributed by atoms with Gasteiger partial charge in [0.1, 0.15) is 36.8 Å². The number of ether oxygens (including phenoxy) is 1. The number of nitrogens with one attached hydrogen (secondary N) is 6. The Morgan fingerprint density at radius 3 is 1.61 bits per heavy atom. The Morgan fingerprint density at radius 1 is 0.597 bits per heavy atom. The van der Waals surface area contributed by atoms with Crippen molar-refractivity contribution in [3.05, 3.63) is 35.9 Å². The highest BCUT2D eigenvalue weighted by Gasteiger charge is 2.39. The summed E-state index contributed by atoms with van der Waals surface area (Å²) >= 11 is 0. The molecule has 1 aromatic carbocycles. The summed E-state index contributed by atoms with van der Waals surface area (Å²) in [7, 11) is 0. The number of aliphatic carboxylic acids is 3. The van der Waals surface area contributed by atoms with Crippen molar-refractivity contribution < 1.29 is 77.6 Å². The number of amides is 7. The Kier molecular flexibility index (Phi) is 25.0. The number of hydrogen-bond donors (Lipinski definition) is 10. The van der Waals surface area contributed by atoms with Crippen LogP contribution in [0.15, 0.2) is 30.3 Å². The fraction of sp³-hybridized carbons (Fsp3) is 0.591. The number of rotatable bonds is 31. The van der Waals surface area contributed by atoms with Gasteiger partial charge >= 0.3 is 23.9 Å². The molecule has 0 aliphatic heterocycles. The topological polar surface area (TPSA) is 373 Å². The fourth-order valence-corrected chi connectivity index (χ4v) is 6.29. The largest absolute Gasteiger partial charge is 0.481 e. The predicted molar refractivity (Wildman–Crippen MR) is 236 cm³/mol. The zero-order valence-corrected chi connectivity index (χ0v) is 38.6. The first kappa shape index (κ1) is 58.1. The van der Waals surface area contributed by atoms with Crippen LogP contribution in [0.1, 0.15) is 118 Å². The van der Waals surface area contributed by atoms with E-state index in [0.29, 0.717) is 18.4 Å². The molecule has 0 bridgehead atoms. The van der Waals surface area contributed by atoms with Crippen LogP contribution in [0.25, 0.3) is 0 Å². The van der Waals surface area contributed by atoms with Crippen molar-refractivity contribution in [3.63, 3.8) is 0 Å². The number of carbonyl (C=O) groups is 12. The molecule has 0 fully saturated rings. The number of unbranched alkanes of at least 4 members (excludes halogenated alkanes) is 1. The zero-order chi connectivity index (χ0) is 51.0. The molecule has 372 valence electrons. The number of hydrogen-bond acceptors (Lipinski definition) is 13. The van der Waals surface area contributed by atoms with Gasteiger partial charge in [-0.05, 0) is 42.6 Å². The number of primary amides is 1. The lowest BCUT2D eigenvalue weighted by molar-refractivity contribution is -0.146. The lowest BCUT2D eigenvalue weighted by Crippen LogP contribution is -2.62. The Labute approximate surface area is 387 Å². The summed E-state index contributed by atoms with van der Waals surface area (Å²) in [5.74, 6) is -13.9. The minimum atomic E-state index is -1.86. The molecular formula is C44H65N7O16. The van der Waals surface area contributed by atoms with E-state index < -0.39 is 158 Å². The van der Waals surface area contributed by atoms with Gasteiger partial charge in [-0.15, -0.1) is 0 Å². The fourth-order valence-electron chi connectivity index (χ4n) is 6.29. The minimum Gasteiger partial charge on any atom is -0.481 e. The van der Waals surface area contributed by atoms with Crippen molar-refractivity contribution in [1.82, 2.24) is 31.9 Å².